The first kappa shape index (κ1) is 46.3. The number of hydrogen-bond donors (Lipinski definition) is 3. The predicted molar refractivity (Wildman–Crippen MR) is 245 cm³/mol. The lowest BCUT2D eigenvalue weighted by Gasteiger charge is -2.26. The largest absolute Gasteiger partial charge is 0.494 e. The molecule has 0 atom stereocenters. The van der Waals surface area contributed by atoms with E-state index >= 15 is 0 Å². The zero-order valence-electron chi connectivity index (χ0n) is 36.7. The van der Waals surface area contributed by atoms with Crippen LogP contribution >= 0.6 is 0 Å². The number of carbonyl (C=O) groups excluding carboxylic acids is 2. The van der Waals surface area contributed by atoms with Gasteiger partial charge in [0.25, 0.3) is 0 Å². The number of carbonyl (C=O) groups is 2. The van der Waals surface area contributed by atoms with Crippen molar-refractivity contribution in [2.75, 3.05) is 89.5 Å². The number of ether oxygens (including phenoxy) is 3. The van der Waals surface area contributed by atoms with Crippen molar-refractivity contribution in [3.63, 3.8) is 0 Å². The lowest BCUT2D eigenvalue weighted by molar-refractivity contribution is -0.119. The third-order valence-corrected chi connectivity index (χ3v) is 10.8. The third kappa shape index (κ3) is 15.8. The van der Waals surface area contributed by atoms with Crippen LogP contribution in [-0.2, 0) is 58.3 Å². The van der Waals surface area contributed by atoms with Crippen LogP contribution in [0, 0.1) is 0 Å². The normalized spacial score (nSPS) is 14.7. The summed E-state index contributed by atoms with van der Waals surface area (Å²) < 4.78 is 17.3. The Balaban J connectivity index is 1.10. The van der Waals surface area contributed by atoms with Gasteiger partial charge in [-0.2, -0.15) is 0 Å². The van der Waals surface area contributed by atoms with E-state index in [4.69, 9.17) is 29.9 Å². The van der Waals surface area contributed by atoms with Crippen LogP contribution in [-0.4, -0.2) is 130 Å². The Morgan fingerprint density at radius 2 is 1.06 bits per heavy atom. The van der Waals surface area contributed by atoms with Crippen LogP contribution in [0.3, 0.4) is 0 Å². The summed E-state index contributed by atoms with van der Waals surface area (Å²) in [5.41, 5.74) is 11.5. The van der Waals surface area contributed by atoms with Crippen LogP contribution in [0.25, 0.3) is 0 Å². The van der Waals surface area contributed by atoms with Crippen molar-refractivity contribution >= 4 is 23.5 Å². The molecule has 1 aromatic carbocycles. The number of benzene rings is 1. The Bertz CT molecular complexity index is 2040. The summed E-state index contributed by atoms with van der Waals surface area (Å²) in [6.07, 6.45) is 5.35. The zero-order valence-corrected chi connectivity index (χ0v) is 36.7. The number of nitrogens with one attached hydrogen (secondary N) is 2. The highest BCUT2D eigenvalue weighted by Gasteiger charge is 2.19. The second-order valence-electron chi connectivity index (χ2n) is 16.2. The highest BCUT2D eigenvalue weighted by molar-refractivity contribution is 5.91. The lowest BCUT2D eigenvalue weighted by Crippen LogP contribution is -2.41. The Morgan fingerprint density at radius 1 is 0.594 bits per heavy atom. The smallest absolute Gasteiger partial charge is 0.239 e. The molecule has 2 saturated heterocycles. The summed E-state index contributed by atoms with van der Waals surface area (Å²) >= 11 is 0. The van der Waals surface area contributed by atoms with E-state index in [1.54, 1.807) is 0 Å². The van der Waals surface area contributed by atoms with E-state index in [2.05, 4.69) is 58.4 Å². The molecular formula is C48H61N11O5. The molecule has 5 aromatic rings. The minimum atomic E-state index is -0.0977. The number of nitrogens with zero attached hydrogens (tertiary/aromatic N) is 8. The number of morpholine rings is 2. The number of pyridine rings is 4. The third-order valence-electron chi connectivity index (χ3n) is 10.8. The number of hydrogen-bond acceptors (Lipinski definition) is 14. The summed E-state index contributed by atoms with van der Waals surface area (Å²) in [5, 5.41) is 6.00. The lowest BCUT2D eigenvalue weighted by atomic mass is 10.1. The molecule has 2 fully saturated rings. The summed E-state index contributed by atoms with van der Waals surface area (Å²) in [6, 6.07) is 29.8. The minimum Gasteiger partial charge on any atom is -0.494 e. The topological polar surface area (TPSA) is 176 Å². The molecule has 4 N–H and O–H groups in total. The average molecular weight is 872 g/mol. The van der Waals surface area contributed by atoms with Crippen LogP contribution < -0.4 is 21.1 Å². The fourth-order valence-electron chi connectivity index (χ4n) is 7.75. The quantitative estimate of drug-likeness (QED) is 0.0791. The van der Waals surface area contributed by atoms with Gasteiger partial charge in [-0.1, -0.05) is 30.3 Å². The maximum Gasteiger partial charge on any atom is 0.239 e. The molecule has 7 rings (SSSR count). The van der Waals surface area contributed by atoms with Crippen molar-refractivity contribution < 1.29 is 23.8 Å². The van der Waals surface area contributed by atoms with Crippen molar-refractivity contribution in [2.24, 2.45) is 5.73 Å². The van der Waals surface area contributed by atoms with Gasteiger partial charge < -0.3 is 30.6 Å². The number of unbranched alkanes of at least 4 members (excludes halogenated alkanes) is 1. The summed E-state index contributed by atoms with van der Waals surface area (Å²) in [7, 11) is 0. The van der Waals surface area contributed by atoms with Crippen molar-refractivity contribution in [1.29, 1.82) is 0 Å². The molecule has 0 spiro atoms. The number of amides is 2. The van der Waals surface area contributed by atoms with Gasteiger partial charge in [0, 0.05) is 77.8 Å². The first-order valence-electron chi connectivity index (χ1n) is 22.2. The first-order valence-corrected chi connectivity index (χ1v) is 22.2. The summed E-state index contributed by atoms with van der Waals surface area (Å²) in [6.45, 7) is 10.5. The fourth-order valence-corrected chi connectivity index (χ4v) is 7.75. The van der Waals surface area contributed by atoms with Gasteiger partial charge in [-0.15, -0.1) is 0 Å². The average Bonchev–Trinajstić information content (AvgIpc) is 3.29. The first-order chi connectivity index (χ1) is 31.4. The maximum atomic E-state index is 13.0. The molecule has 2 aliphatic heterocycles. The Morgan fingerprint density at radius 3 is 1.52 bits per heavy atom. The molecule has 2 aliphatic rings. The molecule has 6 heterocycles. The molecule has 0 saturated carbocycles. The second-order valence-corrected chi connectivity index (χ2v) is 16.2. The number of aromatic nitrogens is 4. The van der Waals surface area contributed by atoms with Gasteiger partial charge in [-0.3, -0.25) is 39.2 Å². The summed E-state index contributed by atoms with van der Waals surface area (Å²) in [4.78, 5) is 53.8. The predicted octanol–water partition coefficient (Wildman–Crippen LogP) is 4.33. The molecule has 64 heavy (non-hydrogen) atoms. The van der Waals surface area contributed by atoms with Gasteiger partial charge in [0.05, 0.1) is 68.9 Å². The zero-order chi connectivity index (χ0) is 44.2. The molecule has 0 aliphatic carbocycles. The van der Waals surface area contributed by atoms with Crippen LogP contribution in [0.1, 0.15) is 46.7 Å². The van der Waals surface area contributed by atoms with Gasteiger partial charge in [0.2, 0.25) is 11.8 Å². The maximum absolute atomic E-state index is 13.0. The van der Waals surface area contributed by atoms with E-state index in [0.717, 1.165) is 78.7 Å². The SMILES string of the molecule is NCCCCOc1cc(CN(Cc2ccccn2)Cc2cccc(NC(=O)CN3CCOCC3)n2)cc(CN(Cc2ccccn2)Cc2cccc(NC(=O)CN3CCOCC3)n2)c1. The fraction of sp³-hybridized carbons (Fsp3) is 0.417. The molecule has 2 amide bonds. The van der Waals surface area contributed by atoms with Crippen LogP contribution in [0.4, 0.5) is 11.6 Å². The molecule has 338 valence electrons. The van der Waals surface area contributed by atoms with Gasteiger partial charge in [0.1, 0.15) is 17.4 Å². The Kier molecular flexibility index (Phi) is 18.0. The Hall–Kier alpha value is -5.72. The van der Waals surface area contributed by atoms with Gasteiger partial charge in [-0.05, 0) is 91.2 Å². The summed E-state index contributed by atoms with van der Waals surface area (Å²) in [5.74, 6) is 1.63. The van der Waals surface area contributed by atoms with E-state index in [1.807, 2.05) is 85.2 Å². The molecule has 16 heteroatoms. The van der Waals surface area contributed by atoms with E-state index in [9.17, 15) is 9.59 Å². The highest BCUT2D eigenvalue weighted by Crippen LogP contribution is 2.24. The van der Waals surface area contributed by atoms with E-state index in [0.29, 0.717) is 104 Å². The standard InChI is InChI=1S/C48H61N11O5/c49-15-3-6-22-64-44-28-38(30-58(32-40-9-1-4-16-50-40)34-42-11-7-13-45(52-42)54-47(60)36-56-18-23-62-24-19-56)27-39(29-44)31-59(33-41-10-2-5-17-51-41)35-43-12-8-14-46(53-43)55-48(61)37-57-20-25-63-26-21-57/h1-2,4-5,7-14,16-17,27-29H,3,6,15,18-26,30-37,49H2,(H,52,54,60)(H,53,55,61). The highest BCUT2D eigenvalue weighted by atomic mass is 16.5. The van der Waals surface area contributed by atoms with Crippen molar-refractivity contribution in [2.45, 2.75) is 52.1 Å². The second kappa shape index (κ2) is 24.9. The van der Waals surface area contributed by atoms with Crippen LogP contribution in [0.2, 0.25) is 0 Å². The monoisotopic (exact) mass is 871 g/mol. The molecule has 0 unspecified atom stereocenters. The molecule has 16 nitrogen and oxygen atoms in total. The van der Waals surface area contributed by atoms with Crippen molar-refractivity contribution in [3.05, 3.63) is 137 Å². The van der Waals surface area contributed by atoms with Crippen LogP contribution in [0.5, 0.6) is 5.75 Å². The van der Waals surface area contributed by atoms with Gasteiger partial charge >= 0.3 is 0 Å². The van der Waals surface area contributed by atoms with Crippen molar-refractivity contribution in [3.8, 4) is 5.75 Å². The van der Waals surface area contributed by atoms with Gasteiger partial charge in [-0.25, -0.2) is 9.97 Å². The van der Waals surface area contributed by atoms with Crippen LogP contribution in [0.15, 0.2) is 103 Å². The number of nitrogens with two attached hydrogens (primary N) is 1. The number of anilines is 2. The minimum absolute atomic E-state index is 0.0977. The van der Waals surface area contributed by atoms with Crippen molar-refractivity contribution in [1.82, 2.24) is 39.5 Å². The number of rotatable bonds is 23. The van der Waals surface area contributed by atoms with Gasteiger partial charge in [0.15, 0.2) is 0 Å². The molecule has 4 aromatic heterocycles. The molecular weight excluding hydrogens is 811 g/mol. The van der Waals surface area contributed by atoms with E-state index in [-0.39, 0.29) is 11.8 Å². The molecule has 0 radical (unpaired) electrons. The van der Waals surface area contributed by atoms with E-state index in [1.165, 1.54) is 0 Å². The Labute approximate surface area is 376 Å². The molecule has 0 bridgehead atoms. The van der Waals surface area contributed by atoms with E-state index < -0.39 is 0 Å².